The van der Waals surface area contributed by atoms with E-state index in [0.29, 0.717) is 5.75 Å². The van der Waals surface area contributed by atoms with Gasteiger partial charge in [-0.3, -0.25) is 0 Å². The number of methoxy groups -OCH3 is 2. The largest absolute Gasteiger partial charge is 0.493 e. The lowest BCUT2D eigenvalue weighted by Crippen LogP contribution is -2.31. The fourth-order valence-electron chi connectivity index (χ4n) is 1.34. The molecule has 0 fully saturated rings. The molecule has 0 heterocycles. The average Bonchev–Trinajstić information content (AvgIpc) is 2.36. The minimum absolute atomic E-state index is 0.144. The average molecular weight is 287 g/mol. The van der Waals surface area contributed by atoms with Crippen LogP contribution in [0.2, 0.25) is 0 Å². The van der Waals surface area contributed by atoms with Crippen LogP contribution in [0.5, 0.6) is 11.5 Å². The van der Waals surface area contributed by atoms with Crippen LogP contribution in [0.1, 0.15) is 10.9 Å². The summed E-state index contributed by atoms with van der Waals surface area (Å²) in [6.45, 7) is 0. The third kappa shape index (κ3) is 2.80. The molecular formula is C11H11ClF4O2. The normalized spacial score (nSPS) is 13.6. The summed E-state index contributed by atoms with van der Waals surface area (Å²) in [5.74, 6) is -3.88. The Bertz CT molecular complexity index is 412. The molecule has 18 heavy (non-hydrogen) atoms. The number of ether oxygens (including phenoxy) is 2. The zero-order valence-corrected chi connectivity index (χ0v) is 10.3. The SMILES string of the molecule is COc1ccc(C(Cl)C(F)(F)C(F)F)cc1OC. The predicted molar refractivity (Wildman–Crippen MR) is 59.1 cm³/mol. The standard InChI is InChI=1S/C11H11ClF4O2/c1-17-7-4-3-6(5-8(7)18-2)9(12)11(15,16)10(13)14/h3-5,9-10H,1-2H3. The van der Waals surface area contributed by atoms with Gasteiger partial charge in [0.1, 0.15) is 5.38 Å². The summed E-state index contributed by atoms with van der Waals surface area (Å²) in [6, 6.07) is 3.66. The lowest BCUT2D eigenvalue weighted by atomic mass is 10.1. The molecule has 0 aliphatic rings. The second kappa shape index (κ2) is 5.65. The smallest absolute Gasteiger partial charge is 0.327 e. The highest BCUT2D eigenvalue weighted by Crippen LogP contribution is 2.43. The summed E-state index contributed by atoms with van der Waals surface area (Å²) in [4.78, 5) is 0. The first kappa shape index (κ1) is 14.9. The topological polar surface area (TPSA) is 18.5 Å². The summed E-state index contributed by atoms with van der Waals surface area (Å²) in [5, 5.41) is -2.14. The van der Waals surface area contributed by atoms with Crippen LogP contribution in [-0.4, -0.2) is 26.6 Å². The van der Waals surface area contributed by atoms with Crippen LogP contribution in [0.15, 0.2) is 18.2 Å². The van der Waals surface area contributed by atoms with Crippen molar-refractivity contribution in [3.05, 3.63) is 23.8 Å². The number of hydrogen-bond donors (Lipinski definition) is 0. The molecule has 2 nitrogen and oxygen atoms in total. The Balaban J connectivity index is 3.11. The summed E-state index contributed by atoms with van der Waals surface area (Å²) in [6.07, 6.45) is -3.84. The molecule has 1 unspecified atom stereocenters. The Kier molecular flexibility index (Phi) is 4.67. The van der Waals surface area contributed by atoms with Crippen LogP contribution in [0.3, 0.4) is 0 Å². The van der Waals surface area contributed by atoms with Gasteiger partial charge in [-0.15, -0.1) is 11.6 Å². The lowest BCUT2D eigenvalue weighted by molar-refractivity contribution is -0.130. The second-order valence-electron chi connectivity index (χ2n) is 3.45. The van der Waals surface area contributed by atoms with E-state index >= 15 is 0 Å². The van der Waals surface area contributed by atoms with Crippen molar-refractivity contribution in [2.75, 3.05) is 14.2 Å². The van der Waals surface area contributed by atoms with Gasteiger partial charge in [0.05, 0.1) is 14.2 Å². The Hall–Kier alpha value is -1.17. The van der Waals surface area contributed by atoms with Gasteiger partial charge in [-0.2, -0.15) is 8.78 Å². The molecule has 0 radical (unpaired) electrons. The van der Waals surface area contributed by atoms with Crippen LogP contribution in [-0.2, 0) is 0 Å². The first-order chi connectivity index (χ1) is 8.34. The molecule has 1 aromatic rings. The summed E-state index contributed by atoms with van der Waals surface area (Å²) >= 11 is 5.39. The number of benzene rings is 1. The van der Waals surface area contributed by atoms with Crippen molar-refractivity contribution in [1.29, 1.82) is 0 Å². The number of alkyl halides is 5. The van der Waals surface area contributed by atoms with Gasteiger partial charge in [0.2, 0.25) is 0 Å². The highest BCUT2D eigenvalue weighted by atomic mass is 35.5. The Morgan fingerprint density at radius 3 is 2.11 bits per heavy atom. The zero-order valence-electron chi connectivity index (χ0n) is 9.59. The first-order valence-corrected chi connectivity index (χ1v) is 5.30. The number of halogens is 5. The van der Waals surface area contributed by atoms with Crippen molar-refractivity contribution in [2.24, 2.45) is 0 Å². The van der Waals surface area contributed by atoms with E-state index in [1.165, 1.54) is 26.4 Å². The van der Waals surface area contributed by atoms with Gasteiger partial charge in [0.15, 0.2) is 11.5 Å². The van der Waals surface area contributed by atoms with E-state index in [0.717, 1.165) is 6.07 Å². The molecule has 0 amide bonds. The van der Waals surface area contributed by atoms with Crippen molar-refractivity contribution in [3.63, 3.8) is 0 Å². The summed E-state index contributed by atoms with van der Waals surface area (Å²) < 4.78 is 60.3. The van der Waals surface area contributed by atoms with Gasteiger partial charge in [0.25, 0.3) is 0 Å². The van der Waals surface area contributed by atoms with Crippen LogP contribution in [0.4, 0.5) is 17.6 Å². The molecule has 0 bridgehead atoms. The van der Waals surface area contributed by atoms with E-state index in [4.69, 9.17) is 21.1 Å². The highest BCUT2D eigenvalue weighted by molar-refractivity contribution is 6.21. The molecule has 0 saturated carbocycles. The van der Waals surface area contributed by atoms with Crippen LogP contribution in [0.25, 0.3) is 0 Å². The van der Waals surface area contributed by atoms with Crippen molar-refractivity contribution >= 4 is 11.6 Å². The van der Waals surface area contributed by atoms with E-state index in [1.807, 2.05) is 0 Å². The lowest BCUT2D eigenvalue weighted by Gasteiger charge is -2.22. The zero-order chi connectivity index (χ0) is 13.9. The minimum atomic E-state index is -4.32. The molecule has 1 aromatic carbocycles. The third-order valence-electron chi connectivity index (χ3n) is 2.33. The monoisotopic (exact) mass is 286 g/mol. The van der Waals surface area contributed by atoms with E-state index in [1.54, 1.807) is 0 Å². The highest BCUT2D eigenvalue weighted by Gasteiger charge is 2.48. The molecule has 0 N–H and O–H groups in total. The molecule has 7 heteroatoms. The molecule has 0 saturated heterocycles. The first-order valence-electron chi connectivity index (χ1n) is 4.86. The molecule has 0 spiro atoms. The molecule has 0 aromatic heterocycles. The van der Waals surface area contributed by atoms with Crippen LogP contribution in [0, 0.1) is 0 Å². The molecule has 1 rings (SSSR count). The maximum atomic E-state index is 13.1. The molecular weight excluding hydrogens is 276 g/mol. The van der Waals surface area contributed by atoms with Gasteiger partial charge >= 0.3 is 12.3 Å². The van der Waals surface area contributed by atoms with E-state index in [9.17, 15) is 17.6 Å². The minimum Gasteiger partial charge on any atom is -0.493 e. The van der Waals surface area contributed by atoms with E-state index in [2.05, 4.69) is 0 Å². The summed E-state index contributed by atoms with van der Waals surface area (Å²) in [7, 11) is 2.67. The van der Waals surface area contributed by atoms with E-state index in [-0.39, 0.29) is 11.3 Å². The Labute approximate surface area is 106 Å². The Morgan fingerprint density at radius 2 is 1.67 bits per heavy atom. The summed E-state index contributed by atoms with van der Waals surface area (Å²) in [5.41, 5.74) is -0.167. The van der Waals surface area contributed by atoms with Gasteiger partial charge in [-0.05, 0) is 17.7 Å². The maximum Gasteiger partial charge on any atom is 0.327 e. The van der Waals surface area contributed by atoms with E-state index < -0.39 is 17.7 Å². The number of hydrogen-bond acceptors (Lipinski definition) is 2. The molecule has 102 valence electrons. The molecule has 1 atom stereocenters. The Morgan fingerprint density at radius 1 is 1.11 bits per heavy atom. The van der Waals surface area contributed by atoms with Crippen molar-refractivity contribution in [3.8, 4) is 11.5 Å². The van der Waals surface area contributed by atoms with Gasteiger partial charge in [0, 0.05) is 0 Å². The van der Waals surface area contributed by atoms with Gasteiger partial charge < -0.3 is 9.47 Å². The predicted octanol–water partition coefficient (Wildman–Crippen LogP) is 3.88. The van der Waals surface area contributed by atoms with Gasteiger partial charge in [-0.1, -0.05) is 6.07 Å². The van der Waals surface area contributed by atoms with Crippen molar-refractivity contribution in [1.82, 2.24) is 0 Å². The second-order valence-corrected chi connectivity index (χ2v) is 3.89. The van der Waals surface area contributed by atoms with Crippen LogP contribution >= 0.6 is 11.6 Å². The molecule has 0 aliphatic carbocycles. The molecule has 0 aliphatic heterocycles. The van der Waals surface area contributed by atoms with Crippen molar-refractivity contribution in [2.45, 2.75) is 17.7 Å². The third-order valence-corrected chi connectivity index (χ3v) is 2.87. The van der Waals surface area contributed by atoms with Crippen LogP contribution < -0.4 is 9.47 Å². The van der Waals surface area contributed by atoms with Crippen molar-refractivity contribution < 1.29 is 27.0 Å². The fraction of sp³-hybridized carbons (Fsp3) is 0.455. The van der Waals surface area contributed by atoms with Gasteiger partial charge in [-0.25, -0.2) is 8.78 Å². The maximum absolute atomic E-state index is 13.1. The number of rotatable bonds is 5. The fourth-order valence-corrected chi connectivity index (χ4v) is 1.57. The quantitative estimate of drug-likeness (QED) is 0.604.